The average molecular weight is 355 g/mol. The maximum atomic E-state index is 12.7. The Balaban J connectivity index is 1.72. The van der Waals surface area contributed by atoms with Gasteiger partial charge in [-0.3, -0.25) is 9.59 Å². The molecule has 5 heteroatoms. The van der Waals surface area contributed by atoms with Crippen LogP contribution in [0, 0.1) is 0 Å². The first-order chi connectivity index (χ1) is 12.2. The standard InChI is InChI=1S/C20H21NO3S/c1-24-20(23)14-25-11-10-19(22)21-12-15-6-2-4-8-17(15)18-9-5-3-7-16(18)13-21/h2-9H,10-14H2,1H3. The van der Waals surface area contributed by atoms with Crippen LogP contribution >= 0.6 is 11.8 Å². The summed E-state index contributed by atoms with van der Waals surface area (Å²) in [5, 5.41) is 0. The molecule has 0 N–H and O–H groups in total. The van der Waals surface area contributed by atoms with Crippen LogP contribution in [0.1, 0.15) is 17.5 Å². The zero-order valence-corrected chi connectivity index (χ0v) is 15.1. The second kappa shape index (κ2) is 8.21. The normalized spacial score (nSPS) is 12.8. The third-order valence-electron chi connectivity index (χ3n) is 4.31. The lowest BCUT2D eigenvalue weighted by atomic mass is 9.97. The van der Waals surface area contributed by atoms with Crippen molar-refractivity contribution in [2.75, 3.05) is 18.6 Å². The van der Waals surface area contributed by atoms with Crippen LogP contribution in [0.5, 0.6) is 0 Å². The molecule has 1 heterocycles. The molecule has 2 aromatic carbocycles. The van der Waals surface area contributed by atoms with E-state index in [0.717, 1.165) is 0 Å². The molecular weight excluding hydrogens is 334 g/mol. The van der Waals surface area contributed by atoms with Gasteiger partial charge in [-0.05, 0) is 22.3 Å². The SMILES string of the molecule is COC(=O)CSCCC(=O)N1Cc2ccccc2-c2ccccc2C1. The van der Waals surface area contributed by atoms with E-state index in [9.17, 15) is 9.59 Å². The minimum atomic E-state index is -0.255. The topological polar surface area (TPSA) is 46.6 Å². The van der Waals surface area contributed by atoms with Crippen LogP contribution in [0.25, 0.3) is 11.1 Å². The van der Waals surface area contributed by atoms with Crippen molar-refractivity contribution in [2.45, 2.75) is 19.5 Å². The number of benzene rings is 2. The van der Waals surface area contributed by atoms with Gasteiger partial charge in [0.15, 0.2) is 0 Å². The van der Waals surface area contributed by atoms with Crippen molar-refractivity contribution >= 4 is 23.6 Å². The average Bonchev–Trinajstić information content (AvgIpc) is 2.81. The minimum Gasteiger partial charge on any atom is -0.468 e. The van der Waals surface area contributed by atoms with Crippen LogP contribution < -0.4 is 0 Å². The largest absolute Gasteiger partial charge is 0.468 e. The van der Waals surface area contributed by atoms with Gasteiger partial charge >= 0.3 is 5.97 Å². The molecule has 0 saturated heterocycles. The molecule has 25 heavy (non-hydrogen) atoms. The Morgan fingerprint density at radius 2 is 1.56 bits per heavy atom. The molecule has 1 amide bonds. The van der Waals surface area contributed by atoms with Crippen LogP contribution in [0.15, 0.2) is 48.5 Å². The van der Waals surface area contributed by atoms with Crippen molar-refractivity contribution in [2.24, 2.45) is 0 Å². The van der Waals surface area contributed by atoms with Gasteiger partial charge in [0.1, 0.15) is 0 Å². The number of thioether (sulfide) groups is 1. The number of rotatable bonds is 5. The van der Waals surface area contributed by atoms with Crippen LogP contribution in [0.4, 0.5) is 0 Å². The van der Waals surface area contributed by atoms with Gasteiger partial charge in [-0.1, -0.05) is 48.5 Å². The highest BCUT2D eigenvalue weighted by Crippen LogP contribution is 2.32. The van der Waals surface area contributed by atoms with Crippen LogP contribution in [0.3, 0.4) is 0 Å². The number of nitrogens with zero attached hydrogens (tertiary/aromatic N) is 1. The lowest BCUT2D eigenvalue weighted by Gasteiger charge is -2.21. The van der Waals surface area contributed by atoms with Gasteiger partial charge in [-0.25, -0.2) is 0 Å². The molecule has 0 unspecified atom stereocenters. The summed E-state index contributed by atoms with van der Waals surface area (Å²) in [7, 11) is 1.38. The molecule has 0 radical (unpaired) electrons. The van der Waals surface area contributed by atoms with E-state index < -0.39 is 0 Å². The predicted octanol–water partition coefficient (Wildman–Crippen LogP) is 3.49. The van der Waals surface area contributed by atoms with E-state index in [-0.39, 0.29) is 17.6 Å². The fourth-order valence-corrected chi connectivity index (χ4v) is 3.77. The summed E-state index contributed by atoms with van der Waals surface area (Å²) in [6.45, 7) is 1.23. The number of fused-ring (bicyclic) bond motifs is 3. The fourth-order valence-electron chi connectivity index (χ4n) is 3.02. The highest BCUT2D eigenvalue weighted by atomic mass is 32.2. The third kappa shape index (κ3) is 4.23. The summed E-state index contributed by atoms with van der Waals surface area (Å²) in [6, 6.07) is 16.5. The Morgan fingerprint density at radius 1 is 1.00 bits per heavy atom. The number of carbonyl (C=O) groups excluding carboxylic acids is 2. The Labute approximate surface area is 152 Å². The van der Waals surface area contributed by atoms with Crippen molar-refractivity contribution in [1.82, 2.24) is 4.90 Å². The Kier molecular flexibility index (Phi) is 5.76. The number of methoxy groups -OCH3 is 1. The van der Waals surface area contributed by atoms with Crippen LogP contribution in [-0.4, -0.2) is 35.4 Å². The summed E-state index contributed by atoms with van der Waals surface area (Å²) in [5.74, 6) is 0.766. The monoisotopic (exact) mass is 355 g/mol. The van der Waals surface area contributed by atoms with Crippen LogP contribution in [0.2, 0.25) is 0 Å². The molecule has 3 rings (SSSR count). The van der Waals surface area contributed by atoms with Crippen molar-refractivity contribution in [3.8, 4) is 11.1 Å². The number of hydrogen-bond acceptors (Lipinski definition) is 4. The molecule has 0 saturated carbocycles. The number of hydrogen-bond donors (Lipinski definition) is 0. The molecule has 4 nitrogen and oxygen atoms in total. The van der Waals surface area contributed by atoms with E-state index in [2.05, 4.69) is 29.0 Å². The van der Waals surface area contributed by atoms with Gasteiger partial charge in [-0.15, -0.1) is 11.8 Å². The van der Waals surface area contributed by atoms with Crippen molar-refractivity contribution in [3.63, 3.8) is 0 Å². The Hall–Kier alpha value is -2.27. The minimum absolute atomic E-state index is 0.115. The second-order valence-corrected chi connectivity index (χ2v) is 7.05. The van der Waals surface area contributed by atoms with Crippen LogP contribution in [-0.2, 0) is 27.4 Å². The number of ether oxygens (including phenoxy) is 1. The zero-order valence-electron chi connectivity index (χ0n) is 14.2. The van der Waals surface area contributed by atoms with E-state index >= 15 is 0 Å². The van der Waals surface area contributed by atoms with E-state index in [1.165, 1.54) is 41.1 Å². The maximum absolute atomic E-state index is 12.7. The molecule has 0 atom stereocenters. The third-order valence-corrected chi connectivity index (χ3v) is 5.24. The van der Waals surface area contributed by atoms with Gasteiger partial charge in [0.25, 0.3) is 0 Å². The molecule has 2 aromatic rings. The van der Waals surface area contributed by atoms with Crippen molar-refractivity contribution in [3.05, 3.63) is 59.7 Å². The van der Waals surface area contributed by atoms with E-state index in [1.54, 1.807) is 0 Å². The maximum Gasteiger partial charge on any atom is 0.315 e. The summed E-state index contributed by atoms with van der Waals surface area (Å²) >= 11 is 1.43. The summed E-state index contributed by atoms with van der Waals surface area (Å²) in [5.41, 5.74) is 4.74. The highest BCUT2D eigenvalue weighted by Gasteiger charge is 2.22. The molecule has 0 aromatic heterocycles. The smallest absolute Gasteiger partial charge is 0.315 e. The molecule has 1 aliphatic heterocycles. The van der Waals surface area contributed by atoms with Gasteiger partial charge in [0.2, 0.25) is 5.91 Å². The van der Waals surface area contributed by atoms with Crippen molar-refractivity contribution in [1.29, 1.82) is 0 Å². The second-order valence-electron chi connectivity index (χ2n) is 5.94. The lowest BCUT2D eigenvalue weighted by Crippen LogP contribution is -2.29. The van der Waals surface area contributed by atoms with E-state index in [4.69, 9.17) is 0 Å². The number of carbonyl (C=O) groups is 2. The summed E-state index contributed by atoms with van der Waals surface area (Å²) in [4.78, 5) is 25.7. The molecule has 0 spiro atoms. The van der Waals surface area contributed by atoms with E-state index in [0.29, 0.717) is 25.3 Å². The fraction of sp³-hybridized carbons (Fsp3) is 0.300. The van der Waals surface area contributed by atoms with E-state index in [1.807, 2.05) is 29.2 Å². The summed E-state index contributed by atoms with van der Waals surface area (Å²) < 4.78 is 4.61. The van der Waals surface area contributed by atoms with Crippen molar-refractivity contribution < 1.29 is 14.3 Å². The lowest BCUT2D eigenvalue weighted by molar-refractivity contribution is -0.137. The van der Waals surface area contributed by atoms with Gasteiger partial charge in [0, 0.05) is 25.3 Å². The number of amides is 1. The molecule has 0 bridgehead atoms. The highest BCUT2D eigenvalue weighted by molar-refractivity contribution is 7.99. The molecule has 1 aliphatic rings. The Bertz CT molecular complexity index is 728. The Morgan fingerprint density at radius 3 is 2.12 bits per heavy atom. The quantitative estimate of drug-likeness (QED) is 0.608. The first-order valence-electron chi connectivity index (χ1n) is 8.27. The summed E-state index contributed by atoms with van der Waals surface area (Å²) in [6.07, 6.45) is 0.423. The molecule has 0 aliphatic carbocycles. The molecule has 130 valence electrons. The van der Waals surface area contributed by atoms with Gasteiger partial charge in [0.05, 0.1) is 12.9 Å². The van der Waals surface area contributed by atoms with Gasteiger partial charge in [-0.2, -0.15) is 0 Å². The zero-order chi connectivity index (χ0) is 17.6. The first kappa shape index (κ1) is 17.5. The van der Waals surface area contributed by atoms with Gasteiger partial charge < -0.3 is 9.64 Å². The predicted molar refractivity (Wildman–Crippen MR) is 100 cm³/mol. The number of esters is 1. The molecular formula is C20H21NO3S. The molecule has 0 fully saturated rings. The first-order valence-corrected chi connectivity index (χ1v) is 9.43.